The molecule has 8 heteroatoms. The molecule has 4 amide bonds. The molecule has 1 saturated heterocycles. The monoisotopic (exact) mass is 572 g/mol. The quantitative estimate of drug-likeness (QED) is 0.242. The molecule has 0 spiro atoms. The van der Waals surface area contributed by atoms with E-state index in [4.69, 9.17) is 0 Å². The Morgan fingerprint density at radius 2 is 1.65 bits per heavy atom. The third-order valence-corrected chi connectivity index (χ3v) is 8.53. The number of amides is 4. The molecule has 0 saturated carbocycles. The van der Waals surface area contributed by atoms with Gasteiger partial charge in [0, 0.05) is 29.6 Å². The van der Waals surface area contributed by atoms with Gasteiger partial charge in [0.25, 0.3) is 11.8 Å². The number of nitrogens with zero attached hydrogens (tertiary/aromatic N) is 2. The van der Waals surface area contributed by atoms with E-state index in [0.717, 1.165) is 38.9 Å². The van der Waals surface area contributed by atoms with Crippen LogP contribution in [0.5, 0.6) is 0 Å². The number of nitrogens with one attached hydrogen (secondary N) is 2. The Hall–Kier alpha value is -5.24. The summed E-state index contributed by atoms with van der Waals surface area (Å²) in [5.41, 5.74) is 6.22. The van der Waals surface area contributed by atoms with Crippen LogP contribution in [0.4, 0.5) is 14.9 Å². The highest BCUT2D eigenvalue weighted by Gasteiger charge is 2.53. The molecule has 2 aliphatic rings. The minimum absolute atomic E-state index is 0.236. The Bertz CT molecular complexity index is 1900. The van der Waals surface area contributed by atoms with E-state index in [-0.39, 0.29) is 23.0 Å². The number of H-pyrrole nitrogens is 1. The molecule has 2 N–H and O–H groups in total. The van der Waals surface area contributed by atoms with Crippen molar-refractivity contribution in [1.29, 1.82) is 0 Å². The highest BCUT2D eigenvalue weighted by Crippen LogP contribution is 2.45. The van der Waals surface area contributed by atoms with E-state index in [2.05, 4.69) is 10.3 Å². The van der Waals surface area contributed by atoms with Gasteiger partial charge in [-0.3, -0.25) is 14.5 Å². The lowest BCUT2D eigenvalue weighted by Gasteiger charge is -2.36. The first-order valence-corrected chi connectivity index (χ1v) is 14.4. The number of imide groups is 1. The zero-order chi connectivity index (χ0) is 29.7. The molecule has 1 aromatic heterocycles. The topological polar surface area (TPSA) is 85.5 Å². The van der Waals surface area contributed by atoms with Crippen molar-refractivity contribution in [2.45, 2.75) is 31.8 Å². The average molecular weight is 573 g/mol. The standard InChI is InChI=1S/C35H29FN4O3/c1-21-8-2-3-9-24(21)32-31-27(25-10-4-6-12-28(25)38-31)20-30-34(42)40(35(43)39(30)32)29-13-7-5-11-26(29)33(41)37-19-18-22-14-16-23(36)17-15-22/h2-17,30,32,38H,18-20H2,1H3,(H,37,41)/t30-,32-/m0/s1. The molecule has 0 radical (unpaired) electrons. The number of aromatic amines is 1. The first-order chi connectivity index (χ1) is 20.9. The van der Waals surface area contributed by atoms with E-state index in [1.807, 2.05) is 55.5 Å². The number of benzene rings is 4. The molecule has 0 aliphatic carbocycles. The molecule has 2 aliphatic heterocycles. The zero-order valence-electron chi connectivity index (χ0n) is 23.5. The second-order valence-electron chi connectivity index (χ2n) is 11.1. The van der Waals surface area contributed by atoms with Crippen molar-refractivity contribution in [3.8, 4) is 0 Å². The predicted octanol–water partition coefficient (Wildman–Crippen LogP) is 6.07. The summed E-state index contributed by atoms with van der Waals surface area (Å²) in [6.45, 7) is 2.32. The molecule has 7 rings (SSSR count). The summed E-state index contributed by atoms with van der Waals surface area (Å²) >= 11 is 0. The molecular formula is C35H29FN4O3. The Balaban J connectivity index is 1.24. The van der Waals surface area contributed by atoms with Gasteiger partial charge in [0.05, 0.1) is 11.3 Å². The second kappa shape index (κ2) is 10.5. The van der Waals surface area contributed by atoms with E-state index in [9.17, 15) is 18.8 Å². The number of carbonyl (C=O) groups is 3. The molecule has 2 atom stereocenters. The van der Waals surface area contributed by atoms with E-state index in [0.29, 0.717) is 19.4 Å². The third-order valence-electron chi connectivity index (χ3n) is 8.53. The Kier molecular flexibility index (Phi) is 6.54. The lowest BCUT2D eigenvalue weighted by atomic mass is 9.87. The first kappa shape index (κ1) is 26.6. The van der Waals surface area contributed by atoms with Crippen molar-refractivity contribution >= 4 is 34.4 Å². The highest BCUT2D eigenvalue weighted by molar-refractivity contribution is 6.24. The molecule has 43 heavy (non-hydrogen) atoms. The van der Waals surface area contributed by atoms with Crippen molar-refractivity contribution < 1.29 is 18.8 Å². The van der Waals surface area contributed by atoms with Gasteiger partial charge < -0.3 is 10.3 Å². The van der Waals surface area contributed by atoms with Crippen LogP contribution in [0, 0.1) is 12.7 Å². The molecule has 5 aromatic rings. The number of hydrogen-bond acceptors (Lipinski definition) is 3. The smallest absolute Gasteiger partial charge is 0.332 e. The molecule has 0 bridgehead atoms. The van der Waals surface area contributed by atoms with Crippen LogP contribution in [0.2, 0.25) is 0 Å². The van der Waals surface area contributed by atoms with Gasteiger partial charge in [-0.1, -0.05) is 66.7 Å². The summed E-state index contributed by atoms with van der Waals surface area (Å²) in [5.74, 6) is -1.07. The number of aryl methyl sites for hydroxylation is 1. The predicted molar refractivity (Wildman–Crippen MR) is 162 cm³/mol. The Morgan fingerprint density at radius 3 is 2.47 bits per heavy atom. The van der Waals surface area contributed by atoms with Crippen LogP contribution in [0.15, 0.2) is 97.1 Å². The van der Waals surface area contributed by atoms with Crippen molar-refractivity contribution in [1.82, 2.24) is 15.2 Å². The van der Waals surface area contributed by atoms with Crippen molar-refractivity contribution in [2.24, 2.45) is 0 Å². The summed E-state index contributed by atoms with van der Waals surface area (Å²) in [6, 6.07) is 27.0. The van der Waals surface area contributed by atoms with Gasteiger partial charge in [-0.05, 0) is 65.9 Å². The zero-order valence-corrected chi connectivity index (χ0v) is 23.5. The van der Waals surface area contributed by atoms with Crippen LogP contribution >= 0.6 is 0 Å². The number of halogens is 1. The second-order valence-corrected chi connectivity index (χ2v) is 11.1. The number of rotatable bonds is 6. The Morgan fingerprint density at radius 1 is 0.930 bits per heavy atom. The van der Waals surface area contributed by atoms with Crippen LogP contribution in [-0.2, 0) is 17.6 Å². The summed E-state index contributed by atoms with van der Waals surface area (Å²) in [4.78, 5) is 48.3. The average Bonchev–Trinajstić information content (AvgIpc) is 3.51. The fourth-order valence-corrected chi connectivity index (χ4v) is 6.44. The first-order valence-electron chi connectivity index (χ1n) is 14.4. The van der Waals surface area contributed by atoms with E-state index >= 15 is 0 Å². The van der Waals surface area contributed by atoms with Crippen LogP contribution in [0.25, 0.3) is 10.9 Å². The van der Waals surface area contributed by atoms with Gasteiger partial charge >= 0.3 is 6.03 Å². The van der Waals surface area contributed by atoms with Gasteiger partial charge in [0.1, 0.15) is 17.9 Å². The molecule has 7 nitrogen and oxygen atoms in total. The number of anilines is 1. The number of fused-ring (bicyclic) bond motifs is 4. The minimum atomic E-state index is -0.724. The van der Waals surface area contributed by atoms with E-state index < -0.39 is 24.0 Å². The molecule has 214 valence electrons. The number of para-hydroxylation sites is 2. The van der Waals surface area contributed by atoms with Gasteiger partial charge in [0.2, 0.25) is 0 Å². The summed E-state index contributed by atoms with van der Waals surface area (Å²) < 4.78 is 13.3. The van der Waals surface area contributed by atoms with Gasteiger partial charge in [0.15, 0.2) is 0 Å². The number of carbonyl (C=O) groups excluding carboxylic acids is 3. The SMILES string of the molecule is Cc1ccccc1[C@H]1c2[nH]c3ccccc3c2C[C@H]2C(=O)N(c3ccccc3C(=O)NCCc3ccc(F)cc3)C(=O)N12. The lowest BCUT2D eigenvalue weighted by Crippen LogP contribution is -2.44. The molecule has 3 heterocycles. The molecular weight excluding hydrogens is 543 g/mol. The summed E-state index contributed by atoms with van der Waals surface area (Å²) in [5, 5.41) is 3.93. The van der Waals surface area contributed by atoms with Crippen molar-refractivity contribution in [3.05, 3.63) is 136 Å². The van der Waals surface area contributed by atoms with Crippen LogP contribution in [0.3, 0.4) is 0 Å². The maximum absolute atomic E-state index is 14.3. The van der Waals surface area contributed by atoms with E-state index in [1.54, 1.807) is 41.3 Å². The number of aromatic nitrogens is 1. The van der Waals surface area contributed by atoms with Gasteiger partial charge in [-0.15, -0.1) is 0 Å². The largest absolute Gasteiger partial charge is 0.356 e. The normalized spacial score (nSPS) is 17.7. The number of hydrogen-bond donors (Lipinski definition) is 2. The molecule has 4 aromatic carbocycles. The maximum Gasteiger partial charge on any atom is 0.332 e. The van der Waals surface area contributed by atoms with Crippen LogP contribution in [0.1, 0.15) is 44.3 Å². The number of urea groups is 1. The maximum atomic E-state index is 14.3. The van der Waals surface area contributed by atoms with Crippen LogP contribution in [-0.4, -0.2) is 40.3 Å². The van der Waals surface area contributed by atoms with Crippen molar-refractivity contribution in [3.63, 3.8) is 0 Å². The molecule has 0 unspecified atom stereocenters. The fraction of sp³-hybridized carbons (Fsp3) is 0.171. The van der Waals surface area contributed by atoms with E-state index in [1.165, 1.54) is 17.0 Å². The highest BCUT2D eigenvalue weighted by atomic mass is 19.1. The Labute approximate surface area is 247 Å². The van der Waals surface area contributed by atoms with Crippen LogP contribution < -0.4 is 10.2 Å². The van der Waals surface area contributed by atoms with Gasteiger partial charge in [-0.2, -0.15) is 0 Å². The fourth-order valence-electron chi connectivity index (χ4n) is 6.44. The summed E-state index contributed by atoms with van der Waals surface area (Å²) in [7, 11) is 0. The van der Waals surface area contributed by atoms with Crippen molar-refractivity contribution in [2.75, 3.05) is 11.4 Å². The third kappa shape index (κ3) is 4.46. The summed E-state index contributed by atoms with van der Waals surface area (Å²) in [6.07, 6.45) is 0.879. The lowest BCUT2D eigenvalue weighted by molar-refractivity contribution is -0.120. The minimum Gasteiger partial charge on any atom is -0.356 e. The molecule has 1 fully saturated rings. The van der Waals surface area contributed by atoms with Gasteiger partial charge in [-0.25, -0.2) is 14.1 Å².